The third kappa shape index (κ3) is 7.13. The number of benzene rings is 1. The van der Waals surface area contributed by atoms with Crippen molar-refractivity contribution in [2.24, 2.45) is 0 Å². The van der Waals surface area contributed by atoms with E-state index in [0.29, 0.717) is 16.9 Å². The molecule has 34 heavy (non-hydrogen) atoms. The molecule has 10 heteroatoms. The summed E-state index contributed by atoms with van der Waals surface area (Å²) in [5, 5.41) is 3.94. The van der Waals surface area contributed by atoms with Crippen LogP contribution >= 0.6 is 23.4 Å². The summed E-state index contributed by atoms with van der Waals surface area (Å²) in [5.74, 6) is 1.95. The lowest BCUT2D eigenvalue weighted by Gasteiger charge is -2.36. The van der Waals surface area contributed by atoms with Gasteiger partial charge in [-0.15, -0.1) is 0 Å². The molecule has 2 fully saturated rings. The molecule has 0 radical (unpaired) electrons. The number of carbonyl (C=O) groups excluding carboxylic acids is 1. The predicted molar refractivity (Wildman–Crippen MR) is 138 cm³/mol. The third-order valence-electron chi connectivity index (χ3n) is 6.23. The Balaban J connectivity index is 1.24. The van der Waals surface area contributed by atoms with Gasteiger partial charge in [-0.05, 0) is 50.2 Å². The number of methoxy groups -OCH3 is 1. The number of nitrogens with zero attached hydrogens (tertiary/aromatic N) is 5. The number of hydrogen-bond acceptors (Lipinski definition) is 8. The maximum atomic E-state index is 12.3. The maximum absolute atomic E-state index is 12.3. The van der Waals surface area contributed by atoms with Crippen molar-refractivity contribution >= 4 is 40.8 Å². The first-order chi connectivity index (χ1) is 16.6. The highest BCUT2D eigenvalue weighted by Crippen LogP contribution is 2.25. The second-order valence-corrected chi connectivity index (χ2v) is 9.87. The molecule has 2 aromatic rings. The monoisotopic (exact) mass is 504 g/mol. The van der Waals surface area contributed by atoms with Gasteiger partial charge in [0.05, 0.1) is 12.9 Å². The van der Waals surface area contributed by atoms with Crippen LogP contribution in [-0.2, 0) is 4.79 Å². The molecular weight excluding hydrogens is 472 g/mol. The van der Waals surface area contributed by atoms with Crippen molar-refractivity contribution in [1.82, 2.24) is 20.2 Å². The van der Waals surface area contributed by atoms with Crippen LogP contribution in [0.1, 0.15) is 19.3 Å². The van der Waals surface area contributed by atoms with Crippen LogP contribution in [0.5, 0.6) is 5.75 Å². The fraction of sp³-hybridized carbons (Fsp3) is 0.542. The zero-order chi connectivity index (χ0) is 23.8. The van der Waals surface area contributed by atoms with Crippen molar-refractivity contribution in [2.75, 3.05) is 75.0 Å². The number of piperidine rings is 1. The van der Waals surface area contributed by atoms with E-state index >= 15 is 0 Å². The van der Waals surface area contributed by atoms with Crippen LogP contribution in [-0.4, -0.2) is 86.0 Å². The Hall–Kier alpha value is -2.23. The molecule has 0 spiro atoms. The van der Waals surface area contributed by atoms with Gasteiger partial charge in [0.25, 0.3) is 0 Å². The average Bonchev–Trinajstić information content (AvgIpc) is 2.88. The molecule has 3 heterocycles. The number of thioether (sulfide) groups is 1. The molecule has 1 aromatic carbocycles. The first-order valence-electron chi connectivity index (χ1n) is 11.9. The Labute approximate surface area is 211 Å². The summed E-state index contributed by atoms with van der Waals surface area (Å²) in [6.45, 7) is 7.30. The Morgan fingerprint density at radius 3 is 2.44 bits per heavy atom. The average molecular weight is 505 g/mol. The van der Waals surface area contributed by atoms with Crippen LogP contribution in [0.15, 0.2) is 35.5 Å². The number of carbonyl (C=O) groups is 1. The Morgan fingerprint density at radius 1 is 1.03 bits per heavy atom. The van der Waals surface area contributed by atoms with E-state index < -0.39 is 0 Å². The zero-order valence-corrected chi connectivity index (χ0v) is 21.3. The number of nitrogens with one attached hydrogen (secondary N) is 1. The summed E-state index contributed by atoms with van der Waals surface area (Å²) in [7, 11) is 1.68. The minimum Gasteiger partial charge on any atom is -0.497 e. The lowest BCUT2D eigenvalue weighted by molar-refractivity contribution is -0.118. The predicted octanol–water partition coefficient (Wildman–Crippen LogP) is 3.16. The third-order valence-corrected chi connectivity index (χ3v) is 7.27. The van der Waals surface area contributed by atoms with Gasteiger partial charge in [0.1, 0.15) is 16.7 Å². The van der Waals surface area contributed by atoms with Crippen LogP contribution in [0.25, 0.3) is 0 Å². The van der Waals surface area contributed by atoms with Gasteiger partial charge in [-0.2, -0.15) is 0 Å². The van der Waals surface area contributed by atoms with E-state index in [0.717, 1.165) is 57.4 Å². The van der Waals surface area contributed by atoms with Gasteiger partial charge in [0.15, 0.2) is 5.16 Å². The van der Waals surface area contributed by atoms with E-state index in [-0.39, 0.29) is 11.7 Å². The van der Waals surface area contributed by atoms with Crippen molar-refractivity contribution in [3.8, 4) is 5.75 Å². The maximum Gasteiger partial charge on any atom is 0.230 e. The molecule has 1 amide bonds. The number of likely N-dealkylation sites (tertiary alicyclic amines) is 1. The van der Waals surface area contributed by atoms with Gasteiger partial charge in [0.2, 0.25) is 5.91 Å². The molecule has 0 bridgehead atoms. The summed E-state index contributed by atoms with van der Waals surface area (Å²) in [6.07, 6.45) is 3.84. The molecule has 0 unspecified atom stereocenters. The number of hydrogen-bond donors (Lipinski definition) is 1. The summed E-state index contributed by atoms with van der Waals surface area (Å²) in [6, 6.07) is 9.94. The van der Waals surface area contributed by atoms with Crippen LogP contribution in [0.4, 0.5) is 11.5 Å². The SMILES string of the molecule is COc1ccc(N2CCN(c3cc(Cl)nc(SCC(=O)NCCN4CCCCC4)n3)CC2)cc1. The molecule has 0 aliphatic carbocycles. The summed E-state index contributed by atoms with van der Waals surface area (Å²) in [5.41, 5.74) is 1.18. The Kier molecular flexibility index (Phi) is 9.12. The molecule has 0 saturated carbocycles. The van der Waals surface area contributed by atoms with E-state index in [4.69, 9.17) is 16.3 Å². The number of amides is 1. The van der Waals surface area contributed by atoms with Crippen LogP contribution < -0.4 is 19.9 Å². The number of anilines is 2. The van der Waals surface area contributed by atoms with E-state index in [1.807, 2.05) is 12.1 Å². The van der Waals surface area contributed by atoms with Crippen molar-refractivity contribution in [1.29, 1.82) is 0 Å². The standard InChI is InChI=1S/C24H33ClN6O2S/c1-33-20-7-5-19(6-8-20)30-13-15-31(16-14-30)22-17-21(25)27-24(28-22)34-18-23(32)26-9-12-29-10-3-2-4-11-29/h5-8,17H,2-4,9-16,18H2,1H3,(H,26,32). The Morgan fingerprint density at radius 2 is 1.74 bits per heavy atom. The van der Waals surface area contributed by atoms with Crippen molar-refractivity contribution in [3.05, 3.63) is 35.5 Å². The molecule has 2 aliphatic rings. The van der Waals surface area contributed by atoms with Crippen molar-refractivity contribution in [3.63, 3.8) is 0 Å². The summed E-state index contributed by atoms with van der Waals surface area (Å²) < 4.78 is 5.25. The first-order valence-corrected chi connectivity index (χ1v) is 13.3. The van der Waals surface area contributed by atoms with Gasteiger partial charge in [-0.1, -0.05) is 29.8 Å². The smallest absolute Gasteiger partial charge is 0.230 e. The highest BCUT2D eigenvalue weighted by Gasteiger charge is 2.20. The highest BCUT2D eigenvalue weighted by atomic mass is 35.5. The number of ether oxygens (including phenoxy) is 1. The largest absolute Gasteiger partial charge is 0.497 e. The second-order valence-electron chi connectivity index (χ2n) is 8.54. The molecular formula is C24H33ClN6O2S. The number of rotatable bonds is 9. The number of halogens is 1. The summed E-state index contributed by atoms with van der Waals surface area (Å²) >= 11 is 7.61. The lowest BCUT2D eigenvalue weighted by atomic mass is 10.1. The van der Waals surface area contributed by atoms with Crippen LogP contribution in [0, 0.1) is 0 Å². The molecule has 0 atom stereocenters. The number of aromatic nitrogens is 2. The second kappa shape index (κ2) is 12.5. The van der Waals surface area contributed by atoms with E-state index in [1.165, 1.54) is 36.7 Å². The van der Waals surface area contributed by atoms with Crippen molar-refractivity contribution < 1.29 is 9.53 Å². The summed E-state index contributed by atoms with van der Waals surface area (Å²) in [4.78, 5) is 28.2. The highest BCUT2D eigenvalue weighted by molar-refractivity contribution is 7.99. The zero-order valence-electron chi connectivity index (χ0n) is 19.7. The fourth-order valence-electron chi connectivity index (χ4n) is 4.32. The fourth-order valence-corrected chi connectivity index (χ4v) is 5.23. The Bertz CT molecular complexity index is 934. The quantitative estimate of drug-likeness (QED) is 0.317. The first kappa shape index (κ1) is 24.9. The van der Waals surface area contributed by atoms with E-state index in [9.17, 15) is 4.79 Å². The molecule has 1 N–H and O–H groups in total. The normalized spacial score (nSPS) is 17.0. The van der Waals surface area contributed by atoms with Crippen molar-refractivity contribution in [2.45, 2.75) is 24.4 Å². The van der Waals surface area contributed by atoms with E-state index in [2.05, 4.69) is 42.1 Å². The van der Waals surface area contributed by atoms with Gasteiger partial charge >= 0.3 is 0 Å². The molecule has 8 nitrogen and oxygen atoms in total. The topological polar surface area (TPSA) is 73.8 Å². The molecule has 4 rings (SSSR count). The number of piperazine rings is 1. The van der Waals surface area contributed by atoms with Gasteiger partial charge < -0.3 is 24.8 Å². The van der Waals surface area contributed by atoms with Crippen LogP contribution in [0.2, 0.25) is 5.15 Å². The molecule has 184 valence electrons. The van der Waals surface area contributed by atoms with Gasteiger partial charge in [-0.25, -0.2) is 9.97 Å². The minimum absolute atomic E-state index is 0.000223. The molecule has 2 aliphatic heterocycles. The minimum atomic E-state index is 0.000223. The van der Waals surface area contributed by atoms with Gasteiger partial charge in [0, 0.05) is 51.0 Å². The van der Waals surface area contributed by atoms with Crippen LogP contribution in [0.3, 0.4) is 0 Å². The molecule has 1 aromatic heterocycles. The van der Waals surface area contributed by atoms with Gasteiger partial charge in [-0.3, -0.25) is 4.79 Å². The lowest BCUT2D eigenvalue weighted by Crippen LogP contribution is -2.46. The molecule has 2 saturated heterocycles. The van der Waals surface area contributed by atoms with E-state index in [1.54, 1.807) is 13.2 Å².